The number of anilines is 3. The average molecular weight is 444 g/mol. The first-order chi connectivity index (χ1) is 13.9. The number of thiocarbonyl (C=S) groups is 1. The highest BCUT2D eigenvalue weighted by molar-refractivity contribution is 7.92. The van der Waals surface area contributed by atoms with Gasteiger partial charge < -0.3 is 10.6 Å². The number of rotatable bonds is 4. The maximum atomic E-state index is 13.1. The predicted molar refractivity (Wildman–Crippen MR) is 122 cm³/mol. The van der Waals surface area contributed by atoms with Crippen molar-refractivity contribution < 1.29 is 8.42 Å². The van der Waals surface area contributed by atoms with E-state index in [2.05, 4.69) is 10.6 Å². The molecule has 0 unspecified atom stereocenters. The summed E-state index contributed by atoms with van der Waals surface area (Å²) in [5.74, 6) is 0. The smallest absolute Gasteiger partial charge is 0.264 e. The van der Waals surface area contributed by atoms with E-state index >= 15 is 0 Å². The monoisotopic (exact) mass is 443 g/mol. The molecule has 0 aromatic heterocycles. The summed E-state index contributed by atoms with van der Waals surface area (Å²) >= 11 is 11.4. The zero-order valence-corrected chi connectivity index (χ0v) is 17.7. The third-order valence-corrected chi connectivity index (χ3v) is 7.03. The number of para-hydroxylation sites is 2. The minimum atomic E-state index is -3.61. The van der Waals surface area contributed by atoms with Crippen molar-refractivity contribution in [1.82, 2.24) is 0 Å². The molecule has 148 valence electrons. The maximum Gasteiger partial charge on any atom is 0.264 e. The summed E-state index contributed by atoms with van der Waals surface area (Å²) in [6, 6.07) is 21.4. The fraction of sp³-hybridized carbons (Fsp3) is 0.0952. The van der Waals surface area contributed by atoms with E-state index in [-0.39, 0.29) is 4.90 Å². The number of fused-ring (bicyclic) bond motifs is 1. The van der Waals surface area contributed by atoms with Crippen molar-refractivity contribution in [1.29, 1.82) is 0 Å². The van der Waals surface area contributed by atoms with E-state index in [1.165, 1.54) is 4.31 Å². The first kappa shape index (κ1) is 19.7. The van der Waals surface area contributed by atoms with Gasteiger partial charge in [-0.15, -0.1) is 0 Å². The summed E-state index contributed by atoms with van der Waals surface area (Å²) in [6.07, 6.45) is 0.719. The molecule has 0 bridgehead atoms. The Morgan fingerprint density at radius 3 is 2.38 bits per heavy atom. The molecular formula is C21H18ClN3O2S2. The van der Waals surface area contributed by atoms with Crippen LogP contribution in [-0.2, 0) is 16.4 Å². The average Bonchev–Trinajstić information content (AvgIpc) is 3.15. The largest absolute Gasteiger partial charge is 0.332 e. The van der Waals surface area contributed by atoms with Crippen molar-refractivity contribution in [2.45, 2.75) is 11.3 Å². The number of hydrogen-bond acceptors (Lipinski definition) is 3. The Kier molecular flexibility index (Phi) is 5.45. The van der Waals surface area contributed by atoms with E-state index in [0.29, 0.717) is 28.1 Å². The third kappa shape index (κ3) is 4.07. The number of nitrogens with zero attached hydrogens (tertiary/aromatic N) is 1. The highest BCUT2D eigenvalue weighted by Gasteiger charge is 2.30. The zero-order valence-electron chi connectivity index (χ0n) is 15.3. The van der Waals surface area contributed by atoms with E-state index in [1.807, 2.05) is 42.5 Å². The van der Waals surface area contributed by atoms with Gasteiger partial charge in [0.1, 0.15) is 0 Å². The first-order valence-corrected chi connectivity index (χ1v) is 11.2. The standard InChI is InChI=1S/C21H18ClN3O2S2/c22-18-6-2-3-7-19(18)24-21(28)23-16-9-11-17(12-10-16)29(26,27)25-14-13-15-5-1-4-8-20(15)25/h1-12H,13-14H2,(H2,23,24,28). The van der Waals surface area contributed by atoms with Crippen LogP contribution in [0.2, 0.25) is 5.02 Å². The van der Waals surface area contributed by atoms with Gasteiger partial charge in [-0.25, -0.2) is 8.42 Å². The second-order valence-corrected chi connectivity index (χ2v) is 9.22. The van der Waals surface area contributed by atoms with Crippen LogP contribution in [0, 0.1) is 0 Å². The van der Waals surface area contributed by atoms with Gasteiger partial charge in [0.05, 0.1) is 21.3 Å². The lowest BCUT2D eigenvalue weighted by Crippen LogP contribution is -2.29. The van der Waals surface area contributed by atoms with Crippen molar-refractivity contribution in [3.8, 4) is 0 Å². The van der Waals surface area contributed by atoms with Gasteiger partial charge in [-0.3, -0.25) is 4.31 Å². The minimum absolute atomic E-state index is 0.240. The summed E-state index contributed by atoms with van der Waals surface area (Å²) in [5.41, 5.74) is 3.17. The van der Waals surface area contributed by atoms with Gasteiger partial charge in [0.2, 0.25) is 0 Å². The second kappa shape index (κ2) is 8.02. The van der Waals surface area contributed by atoms with Gasteiger partial charge in [-0.1, -0.05) is 41.9 Å². The van der Waals surface area contributed by atoms with E-state index < -0.39 is 10.0 Å². The number of halogens is 1. The summed E-state index contributed by atoms with van der Waals surface area (Å²) in [5, 5.41) is 6.98. The van der Waals surface area contributed by atoms with Gasteiger partial charge >= 0.3 is 0 Å². The quantitative estimate of drug-likeness (QED) is 0.561. The van der Waals surface area contributed by atoms with Gasteiger partial charge in [-0.05, 0) is 66.7 Å². The summed E-state index contributed by atoms with van der Waals surface area (Å²) in [4.78, 5) is 0.240. The van der Waals surface area contributed by atoms with E-state index in [9.17, 15) is 8.42 Å². The maximum absolute atomic E-state index is 13.1. The number of nitrogens with one attached hydrogen (secondary N) is 2. The summed E-state index contributed by atoms with van der Waals surface area (Å²) in [6.45, 7) is 0.452. The zero-order chi connectivity index (χ0) is 20.4. The molecule has 2 N–H and O–H groups in total. The van der Waals surface area contributed by atoms with Crippen LogP contribution < -0.4 is 14.9 Å². The van der Waals surface area contributed by atoms with Gasteiger partial charge in [0.15, 0.2) is 5.11 Å². The van der Waals surface area contributed by atoms with Crippen molar-refractivity contribution in [3.63, 3.8) is 0 Å². The molecule has 0 radical (unpaired) electrons. The lowest BCUT2D eigenvalue weighted by molar-refractivity contribution is 0.592. The summed E-state index contributed by atoms with van der Waals surface area (Å²) in [7, 11) is -3.61. The fourth-order valence-electron chi connectivity index (χ4n) is 3.24. The minimum Gasteiger partial charge on any atom is -0.332 e. The van der Waals surface area contributed by atoms with Gasteiger partial charge in [-0.2, -0.15) is 0 Å². The Bertz CT molecular complexity index is 1160. The van der Waals surface area contributed by atoms with Crippen molar-refractivity contribution in [3.05, 3.63) is 83.4 Å². The van der Waals surface area contributed by atoms with Gasteiger partial charge in [0.25, 0.3) is 10.0 Å². The van der Waals surface area contributed by atoms with Crippen LogP contribution >= 0.6 is 23.8 Å². The molecule has 0 amide bonds. The lowest BCUT2D eigenvalue weighted by Gasteiger charge is -2.20. The molecule has 0 saturated carbocycles. The predicted octanol–water partition coefficient (Wildman–Crippen LogP) is 4.90. The van der Waals surface area contributed by atoms with Crippen LogP contribution in [0.3, 0.4) is 0 Å². The molecule has 1 aliphatic rings. The van der Waals surface area contributed by atoms with Gasteiger partial charge in [0, 0.05) is 12.2 Å². The summed E-state index contributed by atoms with van der Waals surface area (Å²) < 4.78 is 27.6. The molecule has 4 rings (SSSR count). The topological polar surface area (TPSA) is 61.4 Å². The third-order valence-electron chi connectivity index (χ3n) is 4.67. The first-order valence-electron chi connectivity index (χ1n) is 8.98. The molecule has 5 nitrogen and oxygen atoms in total. The molecular weight excluding hydrogens is 426 g/mol. The molecule has 8 heteroatoms. The van der Waals surface area contributed by atoms with Crippen LogP contribution in [-0.4, -0.2) is 20.1 Å². The van der Waals surface area contributed by atoms with E-state index in [1.54, 1.807) is 30.3 Å². The number of benzene rings is 3. The van der Waals surface area contributed by atoms with E-state index in [0.717, 1.165) is 17.7 Å². The van der Waals surface area contributed by atoms with Crippen molar-refractivity contribution in [2.75, 3.05) is 21.5 Å². The Hall–Kier alpha value is -2.61. The van der Waals surface area contributed by atoms with Crippen molar-refractivity contribution >= 4 is 56.0 Å². The Balaban J connectivity index is 1.48. The molecule has 0 atom stereocenters. The SMILES string of the molecule is O=S(=O)(c1ccc(NC(=S)Nc2ccccc2Cl)cc1)N1CCc2ccccc21. The molecule has 1 heterocycles. The van der Waals surface area contributed by atoms with Crippen LogP contribution in [0.15, 0.2) is 77.7 Å². The highest BCUT2D eigenvalue weighted by Crippen LogP contribution is 2.32. The van der Waals surface area contributed by atoms with Crippen LogP contribution in [0.4, 0.5) is 17.1 Å². The Morgan fingerprint density at radius 1 is 0.931 bits per heavy atom. The van der Waals surface area contributed by atoms with Crippen LogP contribution in [0.25, 0.3) is 0 Å². The Labute approximate surface area is 180 Å². The highest BCUT2D eigenvalue weighted by atomic mass is 35.5. The fourth-order valence-corrected chi connectivity index (χ4v) is 5.16. The van der Waals surface area contributed by atoms with Crippen LogP contribution in [0.1, 0.15) is 5.56 Å². The van der Waals surface area contributed by atoms with Crippen LogP contribution in [0.5, 0.6) is 0 Å². The van der Waals surface area contributed by atoms with E-state index in [4.69, 9.17) is 23.8 Å². The normalized spacial score (nSPS) is 13.1. The molecule has 3 aromatic carbocycles. The molecule has 0 aliphatic carbocycles. The number of hydrogen-bond donors (Lipinski definition) is 2. The second-order valence-electron chi connectivity index (χ2n) is 6.54. The molecule has 0 spiro atoms. The molecule has 0 saturated heterocycles. The molecule has 1 aliphatic heterocycles. The Morgan fingerprint density at radius 2 is 1.62 bits per heavy atom. The number of sulfonamides is 1. The molecule has 3 aromatic rings. The van der Waals surface area contributed by atoms with Crippen molar-refractivity contribution in [2.24, 2.45) is 0 Å². The molecule has 29 heavy (non-hydrogen) atoms. The molecule has 0 fully saturated rings. The lowest BCUT2D eigenvalue weighted by atomic mass is 10.2.